The van der Waals surface area contributed by atoms with Gasteiger partial charge in [0.05, 0.1) is 61.6 Å². The van der Waals surface area contributed by atoms with E-state index in [4.69, 9.17) is 76.3 Å². The van der Waals surface area contributed by atoms with E-state index in [9.17, 15) is 0 Å². The molecular weight excluding hydrogens is 910 g/mol. The number of nitrogens with zero attached hydrogens (tertiary/aromatic N) is 6. The topological polar surface area (TPSA) is 77.3 Å². The minimum absolute atomic E-state index is 0.194. The first-order valence-corrected chi connectivity index (χ1v) is 23.6. The number of fused-ring (bicyclic) bond motifs is 10. The third-order valence-corrected chi connectivity index (χ3v) is 12.1. The summed E-state index contributed by atoms with van der Waals surface area (Å²) < 4.78 is 0. The van der Waals surface area contributed by atoms with Crippen LogP contribution in [-0.2, 0) is 5.41 Å². The summed E-state index contributed by atoms with van der Waals surface area (Å²) in [5.41, 5.74) is 20.2. The van der Waals surface area contributed by atoms with E-state index in [2.05, 4.69) is 109 Å². The van der Waals surface area contributed by atoms with Crippen molar-refractivity contribution < 1.29 is 0 Å². The van der Waals surface area contributed by atoms with Gasteiger partial charge in [-0.2, -0.15) is 0 Å². The quantitative estimate of drug-likeness (QED) is 0.155. The number of hydrogen-bond acceptors (Lipinski definition) is 6. The van der Waals surface area contributed by atoms with Crippen LogP contribution in [0.3, 0.4) is 0 Å². The van der Waals surface area contributed by atoms with Crippen molar-refractivity contribution in [2.24, 2.45) is 0 Å². The van der Waals surface area contributed by atoms with E-state index in [0.29, 0.717) is 0 Å². The van der Waals surface area contributed by atoms with Crippen LogP contribution in [-0.4, -0.2) is 40.6 Å². The maximum atomic E-state index is 5.09. The highest BCUT2D eigenvalue weighted by atomic mass is 35.5. The third-order valence-electron chi connectivity index (χ3n) is 12.1. The Kier molecular flexibility index (Phi) is 12.7. The van der Waals surface area contributed by atoms with E-state index in [-0.39, 0.29) is 10.7 Å². The lowest BCUT2D eigenvalue weighted by atomic mass is 9.70. The normalized spacial score (nSPS) is 12.1. The smallest absolute Gasteiger partial charge is 0.0967 e. The fourth-order valence-corrected chi connectivity index (χ4v) is 9.47. The molecule has 0 bridgehead atoms. The van der Waals surface area contributed by atoms with Crippen LogP contribution < -0.4 is 0 Å². The second kappa shape index (κ2) is 19.4. The molecule has 12 rings (SSSR count). The Morgan fingerprint density at radius 3 is 0.896 bits per heavy atom. The second-order valence-corrected chi connectivity index (χ2v) is 17.3. The van der Waals surface area contributed by atoms with Crippen LogP contribution in [0.5, 0.6) is 0 Å². The molecule has 0 N–H and O–H groups in total. The predicted octanol–water partition coefficient (Wildman–Crippen LogP) is 15.2. The number of aromatic nitrogens is 6. The summed E-state index contributed by atoms with van der Waals surface area (Å²) in [6.07, 6.45) is 7.26. The van der Waals surface area contributed by atoms with Gasteiger partial charge < -0.3 is 0 Å². The molecule has 1 spiro atoms. The number of halogens is 4. The van der Waals surface area contributed by atoms with Crippen molar-refractivity contribution in [1.29, 1.82) is 0 Å². The second-order valence-electron chi connectivity index (χ2n) is 15.7. The van der Waals surface area contributed by atoms with Crippen LogP contribution in [0.4, 0.5) is 0 Å². The molecule has 0 aliphatic heterocycles. The molecule has 6 heterocycles. The largest absolute Gasteiger partial charge is 0.255 e. The first kappa shape index (κ1) is 43.8. The van der Waals surface area contributed by atoms with E-state index in [1.54, 1.807) is 0 Å². The molecule has 10 aromatic rings. The number of hydrogen-bond donors (Lipinski definition) is 0. The van der Waals surface area contributed by atoms with Crippen molar-refractivity contribution >= 4 is 46.4 Å². The van der Waals surface area contributed by atoms with Crippen LogP contribution in [0.1, 0.15) is 22.3 Å². The first-order valence-electron chi connectivity index (χ1n) is 21.5. The Bertz CT molecular complexity index is 3010. The number of alkyl halides is 4. The molecule has 2 aliphatic carbocycles. The molecule has 4 aromatic carbocycles. The van der Waals surface area contributed by atoms with E-state index in [0.717, 1.165) is 67.8 Å². The lowest BCUT2D eigenvalue weighted by molar-refractivity contribution is 0.794. The van der Waals surface area contributed by atoms with Crippen LogP contribution in [0, 0.1) is 0 Å². The van der Waals surface area contributed by atoms with Gasteiger partial charge in [-0.25, -0.2) is 9.97 Å². The van der Waals surface area contributed by atoms with Gasteiger partial charge in [0.1, 0.15) is 0 Å². The standard InChI is InChI=1S/C55H34N6.2CH2Cl2/c1-3-15-43-39(13-1)40-14-2-4-16-44(40)55(43)45-29-35(37-31-51(47-17-5-9-25-56-47)60-52(32-37)48-18-6-10-26-57-48)21-23-41(45)42-24-22-36(30-46(42)55)38-33-53(49-19-7-11-27-58-49)61-54(34-38)50-20-8-12-28-59-50;2*2-1-3/h1-34H;2*1H2. The highest BCUT2D eigenvalue weighted by Gasteiger charge is 2.51. The predicted molar refractivity (Wildman–Crippen MR) is 275 cm³/mol. The minimum Gasteiger partial charge on any atom is -0.255 e. The summed E-state index contributed by atoms with van der Waals surface area (Å²) in [6.45, 7) is 0. The summed E-state index contributed by atoms with van der Waals surface area (Å²) in [5.74, 6) is 0. The lowest BCUT2D eigenvalue weighted by Crippen LogP contribution is -2.26. The number of benzene rings is 4. The molecular formula is C57H38Cl4N6. The molecule has 6 nitrogen and oxygen atoms in total. The van der Waals surface area contributed by atoms with Crippen molar-refractivity contribution in [3.63, 3.8) is 0 Å². The highest BCUT2D eigenvalue weighted by Crippen LogP contribution is 2.63. The van der Waals surface area contributed by atoms with Crippen molar-refractivity contribution in [1.82, 2.24) is 29.9 Å². The third kappa shape index (κ3) is 8.17. The van der Waals surface area contributed by atoms with Gasteiger partial charge in [-0.1, -0.05) is 97.1 Å². The first-order chi connectivity index (χ1) is 33.0. The van der Waals surface area contributed by atoms with Gasteiger partial charge in [0.15, 0.2) is 0 Å². The summed E-state index contributed by atoms with van der Waals surface area (Å²) in [7, 11) is 0. The summed E-state index contributed by atoms with van der Waals surface area (Å²) in [4.78, 5) is 29.0. The zero-order valence-electron chi connectivity index (χ0n) is 35.7. The molecule has 0 radical (unpaired) electrons. The molecule has 2 aliphatic rings. The Labute approximate surface area is 409 Å². The molecule has 0 atom stereocenters. The molecule has 10 heteroatoms. The molecule has 0 fully saturated rings. The lowest BCUT2D eigenvalue weighted by Gasteiger charge is -2.31. The molecule has 0 saturated heterocycles. The van der Waals surface area contributed by atoms with Crippen molar-refractivity contribution in [2.75, 3.05) is 10.7 Å². The van der Waals surface area contributed by atoms with E-state index in [1.165, 1.54) is 44.5 Å². The van der Waals surface area contributed by atoms with Crippen molar-refractivity contribution in [3.05, 3.63) is 229 Å². The van der Waals surface area contributed by atoms with Gasteiger partial charge in [-0.15, -0.1) is 46.4 Å². The summed E-state index contributed by atoms with van der Waals surface area (Å²) in [5, 5.41) is 0.389. The van der Waals surface area contributed by atoms with E-state index >= 15 is 0 Å². The van der Waals surface area contributed by atoms with Gasteiger partial charge in [0.25, 0.3) is 0 Å². The SMILES string of the molecule is ClCCl.ClCCl.c1ccc(-c2cc(-c3ccc4c(c3)C3(c5ccccc5-c5ccccc53)c3cc(-c5cc(-c6ccccn6)nc(-c6ccccn6)c5)ccc3-4)cc(-c3ccccn3)n2)nc1. The van der Waals surface area contributed by atoms with Crippen LogP contribution >= 0.6 is 46.4 Å². The average Bonchev–Trinajstić information content (AvgIpc) is 3.86. The molecule has 0 amide bonds. The average molecular weight is 949 g/mol. The number of rotatable bonds is 6. The van der Waals surface area contributed by atoms with Gasteiger partial charge in [0, 0.05) is 24.8 Å². The van der Waals surface area contributed by atoms with Crippen LogP contribution in [0.2, 0.25) is 0 Å². The maximum absolute atomic E-state index is 5.09. The maximum Gasteiger partial charge on any atom is 0.0967 e. The van der Waals surface area contributed by atoms with Gasteiger partial charge in [0.2, 0.25) is 0 Å². The van der Waals surface area contributed by atoms with E-state index < -0.39 is 5.41 Å². The minimum atomic E-state index is -0.578. The summed E-state index contributed by atoms with van der Waals surface area (Å²) in [6, 6.07) is 64.2. The molecule has 67 heavy (non-hydrogen) atoms. The number of pyridine rings is 6. The zero-order valence-corrected chi connectivity index (χ0v) is 38.8. The fourth-order valence-electron chi connectivity index (χ4n) is 9.47. The fraction of sp³-hybridized carbons (Fsp3) is 0.0526. The molecule has 324 valence electrons. The van der Waals surface area contributed by atoms with E-state index in [1.807, 2.05) is 97.6 Å². The van der Waals surface area contributed by atoms with Gasteiger partial charge in [-0.3, -0.25) is 19.9 Å². The molecule has 0 saturated carbocycles. The monoisotopic (exact) mass is 946 g/mol. The molecule has 0 unspecified atom stereocenters. The zero-order chi connectivity index (χ0) is 45.7. The Morgan fingerprint density at radius 2 is 0.582 bits per heavy atom. The van der Waals surface area contributed by atoms with Crippen molar-refractivity contribution in [2.45, 2.75) is 5.41 Å². The highest BCUT2D eigenvalue weighted by molar-refractivity contribution is 6.41. The van der Waals surface area contributed by atoms with Crippen LogP contribution in [0.25, 0.3) is 90.1 Å². The Balaban J connectivity index is 0.000000833. The van der Waals surface area contributed by atoms with Crippen LogP contribution in [0.15, 0.2) is 207 Å². The Morgan fingerprint density at radius 1 is 0.284 bits per heavy atom. The van der Waals surface area contributed by atoms with Crippen molar-refractivity contribution in [3.8, 4) is 90.1 Å². The summed E-state index contributed by atoms with van der Waals surface area (Å²) >= 11 is 19.1. The van der Waals surface area contributed by atoms with Gasteiger partial charge >= 0.3 is 0 Å². The molecule has 6 aromatic heterocycles. The Hall–Kier alpha value is -7.06. The van der Waals surface area contributed by atoms with Gasteiger partial charge in [-0.05, 0) is 152 Å².